The van der Waals surface area contributed by atoms with Crippen molar-refractivity contribution in [2.45, 2.75) is 57.6 Å². The zero-order valence-corrected chi connectivity index (χ0v) is 13.4. The molecule has 4 nitrogen and oxygen atoms in total. The third kappa shape index (κ3) is 3.61. The van der Waals surface area contributed by atoms with E-state index in [1.165, 1.54) is 19.3 Å². The Kier molecular flexibility index (Phi) is 4.98. The molecule has 2 fully saturated rings. The molecule has 1 heterocycles. The molecule has 1 aromatic rings. The lowest BCUT2D eigenvalue weighted by atomic mass is 9.91. The maximum absolute atomic E-state index is 12.2. The summed E-state index contributed by atoms with van der Waals surface area (Å²) in [5.74, 6) is 0. The first-order valence-corrected chi connectivity index (χ1v) is 8.51. The van der Waals surface area contributed by atoms with Crippen LogP contribution in [0.15, 0.2) is 24.3 Å². The SMILES string of the molecule is Cc1ccccc1NC(=O)OC1CCCCC1N1CCCC1. The van der Waals surface area contributed by atoms with Gasteiger partial charge in [-0.2, -0.15) is 0 Å². The van der Waals surface area contributed by atoms with Crippen LogP contribution in [0.5, 0.6) is 0 Å². The lowest BCUT2D eigenvalue weighted by Gasteiger charge is -2.37. The fourth-order valence-electron chi connectivity index (χ4n) is 3.70. The Labute approximate surface area is 132 Å². The van der Waals surface area contributed by atoms with Crippen LogP contribution in [0.4, 0.5) is 10.5 Å². The Hall–Kier alpha value is -1.55. The van der Waals surface area contributed by atoms with Crippen molar-refractivity contribution < 1.29 is 9.53 Å². The molecule has 1 saturated carbocycles. The molecule has 1 amide bonds. The first kappa shape index (κ1) is 15.3. The van der Waals surface area contributed by atoms with Crippen molar-refractivity contribution >= 4 is 11.8 Å². The van der Waals surface area contributed by atoms with Crippen LogP contribution in [0.3, 0.4) is 0 Å². The van der Waals surface area contributed by atoms with Crippen molar-refractivity contribution in [1.29, 1.82) is 0 Å². The Balaban J connectivity index is 1.60. The number of benzene rings is 1. The first-order valence-electron chi connectivity index (χ1n) is 8.51. The second kappa shape index (κ2) is 7.14. The molecule has 2 aliphatic rings. The van der Waals surface area contributed by atoms with Crippen molar-refractivity contribution in [2.24, 2.45) is 0 Å². The van der Waals surface area contributed by atoms with Gasteiger partial charge in [0.25, 0.3) is 0 Å². The van der Waals surface area contributed by atoms with Gasteiger partial charge in [-0.25, -0.2) is 4.79 Å². The van der Waals surface area contributed by atoms with Gasteiger partial charge in [0, 0.05) is 11.7 Å². The topological polar surface area (TPSA) is 41.6 Å². The van der Waals surface area contributed by atoms with E-state index >= 15 is 0 Å². The highest BCUT2D eigenvalue weighted by Crippen LogP contribution is 2.28. The number of nitrogens with zero attached hydrogens (tertiary/aromatic N) is 1. The summed E-state index contributed by atoms with van der Waals surface area (Å²) in [5.41, 5.74) is 1.89. The van der Waals surface area contributed by atoms with Gasteiger partial charge >= 0.3 is 6.09 Å². The highest BCUT2D eigenvalue weighted by molar-refractivity contribution is 5.85. The molecular weight excluding hydrogens is 276 g/mol. The van der Waals surface area contributed by atoms with E-state index in [1.54, 1.807) is 0 Å². The van der Waals surface area contributed by atoms with Gasteiger partial charge in [-0.15, -0.1) is 0 Å². The summed E-state index contributed by atoms with van der Waals surface area (Å²) in [4.78, 5) is 14.8. The number of anilines is 1. The lowest BCUT2D eigenvalue weighted by Crippen LogP contribution is -2.46. The maximum atomic E-state index is 12.2. The van der Waals surface area contributed by atoms with Crippen LogP contribution in [-0.2, 0) is 4.74 Å². The molecule has 3 rings (SSSR count). The van der Waals surface area contributed by atoms with E-state index in [-0.39, 0.29) is 12.2 Å². The number of hydrogen-bond acceptors (Lipinski definition) is 3. The van der Waals surface area contributed by atoms with E-state index in [0.29, 0.717) is 6.04 Å². The highest BCUT2D eigenvalue weighted by atomic mass is 16.6. The molecule has 1 aliphatic heterocycles. The summed E-state index contributed by atoms with van der Waals surface area (Å²) in [5, 5.41) is 2.89. The van der Waals surface area contributed by atoms with Gasteiger partial charge < -0.3 is 4.74 Å². The second-order valence-electron chi connectivity index (χ2n) is 6.48. The van der Waals surface area contributed by atoms with E-state index in [9.17, 15) is 4.79 Å². The Morgan fingerprint density at radius 2 is 1.86 bits per heavy atom. The Bertz CT molecular complexity index is 512. The minimum absolute atomic E-state index is 0.0378. The first-order chi connectivity index (χ1) is 10.7. The second-order valence-corrected chi connectivity index (χ2v) is 6.48. The van der Waals surface area contributed by atoms with E-state index in [1.807, 2.05) is 31.2 Å². The smallest absolute Gasteiger partial charge is 0.411 e. The highest BCUT2D eigenvalue weighted by Gasteiger charge is 2.34. The Morgan fingerprint density at radius 3 is 2.64 bits per heavy atom. The minimum Gasteiger partial charge on any atom is -0.444 e. The van der Waals surface area contributed by atoms with Crippen LogP contribution >= 0.6 is 0 Å². The monoisotopic (exact) mass is 302 g/mol. The normalized spacial score (nSPS) is 25.9. The zero-order chi connectivity index (χ0) is 15.4. The number of ether oxygens (including phenoxy) is 1. The van der Waals surface area contributed by atoms with E-state index in [4.69, 9.17) is 4.74 Å². The zero-order valence-electron chi connectivity index (χ0n) is 13.4. The van der Waals surface area contributed by atoms with E-state index in [0.717, 1.165) is 43.6 Å². The predicted octanol–water partition coefficient (Wildman–Crippen LogP) is 3.95. The molecule has 0 radical (unpaired) electrons. The predicted molar refractivity (Wildman–Crippen MR) is 88.1 cm³/mol. The van der Waals surface area contributed by atoms with Crippen molar-refractivity contribution in [1.82, 2.24) is 4.90 Å². The number of hydrogen-bond donors (Lipinski definition) is 1. The molecule has 0 bridgehead atoms. The molecule has 1 aromatic carbocycles. The summed E-state index contributed by atoms with van der Waals surface area (Å²) in [6.07, 6.45) is 6.83. The van der Waals surface area contributed by atoms with Crippen LogP contribution in [0.1, 0.15) is 44.1 Å². The van der Waals surface area contributed by atoms with Crippen molar-refractivity contribution in [3.05, 3.63) is 29.8 Å². The number of rotatable bonds is 3. The van der Waals surface area contributed by atoms with Crippen molar-refractivity contribution in [3.63, 3.8) is 0 Å². The standard InChI is InChI=1S/C18H26N2O2/c1-14-8-2-3-9-15(14)19-18(21)22-17-11-5-4-10-16(17)20-12-6-7-13-20/h2-3,8-9,16-17H,4-7,10-13H2,1H3,(H,19,21). The molecule has 4 heteroatoms. The summed E-state index contributed by atoms with van der Waals surface area (Å²) >= 11 is 0. The minimum atomic E-state index is -0.314. The number of para-hydroxylation sites is 1. The third-order valence-electron chi connectivity index (χ3n) is 4.92. The molecular formula is C18H26N2O2. The molecule has 1 N–H and O–H groups in total. The van der Waals surface area contributed by atoms with Crippen molar-refractivity contribution in [3.8, 4) is 0 Å². The fraction of sp³-hybridized carbons (Fsp3) is 0.611. The maximum Gasteiger partial charge on any atom is 0.411 e. The number of carbonyl (C=O) groups excluding carboxylic acids is 1. The summed E-state index contributed by atoms with van der Waals surface area (Å²) < 4.78 is 5.78. The Morgan fingerprint density at radius 1 is 1.14 bits per heavy atom. The molecule has 22 heavy (non-hydrogen) atoms. The summed E-state index contributed by atoms with van der Waals surface area (Å²) in [7, 11) is 0. The van der Waals surface area contributed by atoms with E-state index < -0.39 is 0 Å². The number of aryl methyl sites for hydroxylation is 1. The number of amides is 1. The van der Waals surface area contributed by atoms with Crippen LogP contribution in [0, 0.1) is 6.92 Å². The average Bonchev–Trinajstić information content (AvgIpc) is 3.04. The lowest BCUT2D eigenvalue weighted by molar-refractivity contribution is 0.0176. The van der Waals surface area contributed by atoms with Crippen LogP contribution in [-0.4, -0.2) is 36.2 Å². The summed E-state index contributed by atoms with van der Waals surface area (Å²) in [6, 6.07) is 8.21. The summed E-state index contributed by atoms with van der Waals surface area (Å²) in [6.45, 7) is 4.30. The van der Waals surface area contributed by atoms with Crippen molar-refractivity contribution in [2.75, 3.05) is 18.4 Å². The van der Waals surface area contributed by atoms with Gasteiger partial charge in [-0.05, 0) is 63.7 Å². The largest absolute Gasteiger partial charge is 0.444 e. The number of likely N-dealkylation sites (tertiary alicyclic amines) is 1. The van der Waals surface area contributed by atoms with Gasteiger partial charge in [0.1, 0.15) is 6.10 Å². The van der Waals surface area contributed by atoms with Crippen LogP contribution in [0.2, 0.25) is 0 Å². The fourth-order valence-corrected chi connectivity index (χ4v) is 3.70. The molecule has 0 spiro atoms. The number of nitrogens with one attached hydrogen (secondary N) is 1. The van der Waals surface area contributed by atoms with Gasteiger partial charge in [-0.3, -0.25) is 10.2 Å². The van der Waals surface area contributed by atoms with Gasteiger partial charge in [-0.1, -0.05) is 24.6 Å². The quantitative estimate of drug-likeness (QED) is 0.919. The molecule has 2 unspecified atom stereocenters. The van der Waals surface area contributed by atoms with Crippen LogP contribution < -0.4 is 5.32 Å². The van der Waals surface area contributed by atoms with Gasteiger partial charge in [0.15, 0.2) is 0 Å². The molecule has 120 valence electrons. The molecule has 1 saturated heterocycles. The number of carbonyl (C=O) groups is 1. The molecule has 0 aromatic heterocycles. The average molecular weight is 302 g/mol. The van der Waals surface area contributed by atoms with E-state index in [2.05, 4.69) is 10.2 Å². The molecule has 1 aliphatic carbocycles. The van der Waals surface area contributed by atoms with Gasteiger partial charge in [0.2, 0.25) is 0 Å². The molecule has 2 atom stereocenters. The third-order valence-corrected chi connectivity index (χ3v) is 4.92. The van der Waals surface area contributed by atoms with Crippen LogP contribution in [0.25, 0.3) is 0 Å². The van der Waals surface area contributed by atoms with Gasteiger partial charge in [0.05, 0.1) is 0 Å².